The lowest BCUT2D eigenvalue weighted by molar-refractivity contribution is 0.415. The smallest absolute Gasteiger partial charge is 0.255 e. The van der Waals surface area contributed by atoms with E-state index in [2.05, 4.69) is 58.0 Å². The van der Waals surface area contributed by atoms with Crippen molar-refractivity contribution in [2.45, 2.75) is 2.14 Å². The number of nitrogens with zero attached hydrogens (tertiary/aromatic N) is 2. The zero-order chi connectivity index (χ0) is 12.5. The molecule has 7 heteroatoms. The highest BCUT2D eigenvalue weighted by Crippen LogP contribution is 2.44. The van der Waals surface area contributed by atoms with Crippen LogP contribution in [0, 0.1) is 0 Å². The topological polar surface area (TPSA) is 48.2 Å². The second-order valence-corrected chi connectivity index (χ2v) is 9.90. The maximum absolute atomic E-state index is 5.50. The fourth-order valence-electron chi connectivity index (χ4n) is 1.19. The Labute approximate surface area is 123 Å². The van der Waals surface area contributed by atoms with Crippen molar-refractivity contribution in [1.29, 1.82) is 0 Å². The molecule has 0 N–H and O–H groups in total. The van der Waals surface area contributed by atoms with Crippen LogP contribution in [0.5, 0.6) is 5.75 Å². The van der Waals surface area contributed by atoms with Gasteiger partial charge in [-0.1, -0.05) is 0 Å². The Hall–Kier alpha value is -0.400. The van der Waals surface area contributed by atoms with Gasteiger partial charge in [-0.25, -0.2) is 0 Å². The summed E-state index contributed by atoms with van der Waals surface area (Å²) in [7, 11) is 1.62. The fourth-order valence-corrected chi connectivity index (χ4v) is 1.67. The van der Waals surface area contributed by atoms with Crippen LogP contribution in [0.4, 0.5) is 0 Å². The van der Waals surface area contributed by atoms with Crippen LogP contribution in [-0.2, 0) is 2.14 Å². The van der Waals surface area contributed by atoms with E-state index in [1.165, 1.54) is 0 Å². The van der Waals surface area contributed by atoms with Crippen molar-refractivity contribution in [3.05, 3.63) is 30.2 Å². The lowest BCUT2D eigenvalue weighted by Crippen LogP contribution is -1.97. The van der Waals surface area contributed by atoms with Crippen molar-refractivity contribution in [3.63, 3.8) is 0 Å². The first-order valence-corrected chi connectivity index (χ1v) is 6.94. The second-order valence-electron chi connectivity index (χ2n) is 3.14. The maximum atomic E-state index is 5.50. The Morgan fingerprint density at radius 1 is 1.12 bits per heavy atom. The van der Waals surface area contributed by atoms with E-state index in [4.69, 9.17) is 9.15 Å². The SMILES string of the molecule is COc1ccc(-c2nnc(C(Br)(Br)Br)o2)cc1. The molecule has 0 amide bonds. The molecule has 0 aliphatic carbocycles. The van der Waals surface area contributed by atoms with Crippen LogP contribution in [0.15, 0.2) is 28.7 Å². The first-order chi connectivity index (χ1) is 8.00. The average molecular weight is 427 g/mol. The Kier molecular flexibility index (Phi) is 3.89. The van der Waals surface area contributed by atoms with Crippen LogP contribution in [0.2, 0.25) is 0 Å². The van der Waals surface area contributed by atoms with E-state index in [0.717, 1.165) is 11.3 Å². The minimum absolute atomic E-state index is 0.392. The zero-order valence-corrected chi connectivity index (χ0v) is 13.4. The number of alkyl halides is 3. The van der Waals surface area contributed by atoms with Crippen molar-refractivity contribution in [2.24, 2.45) is 0 Å². The summed E-state index contributed by atoms with van der Waals surface area (Å²) in [4.78, 5) is 0. The molecule has 2 aromatic rings. The van der Waals surface area contributed by atoms with E-state index in [1.807, 2.05) is 24.3 Å². The van der Waals surface area contributed by atoms with Crippen molar-refractivity contribution in [2.75, 3.05) is 7.11 Å². The standard InChI is InChI=1S/C10H7Br3N2O2/c1-16-7-4-2-6(3-5-7)8-14-15-9(17-8)10(11,12)13/h2-5H,1H3. The van der Waals surface area contributed by atoms with Crippen LogP contribution >= 0.6 is 47.8 Å². The van der Waals surface area contributed by atoms with E-state index in [1.54, 1.807) is 7.11 Å². The third-order valence-electron chi connectivity index (χ3n) is 2.00. The average Bonchev–Trinajstić information content (AvgIpc) is 2.78. The molecule has 0 fully saturated rings. The second kappa shape index (κ2) is 5.07. The normalized spacial score (nSPS) is 11.5. The number of halogens is 3. The van der Waals surface area contributed by atoms with Crippen molar-refractivity contribution in [3.8, 4) is 17.2 Å². The van der Waals surface area contributed by atoms with Crippen LogP contribution < -0.4 is 4.74 Å². The minimum atomic E-state index is -0.690. The Morgan fingerprint density at radius 2 is 1.76 bits per heavy atom. The van der Waals surface area contributed by atoms with E-state index in [0.29, 0.717) is 11.8 Å². The van der Waals surface area contributed by atoms with Gasteiger partial charge in [-0.3, -0.25) is 0 Å². The molecule has 0 unspecified atom stereocenters. The molecule has 1 heterocycles. The molecule has 0 radical (unpaired) electrons. The van der Waals surface area contributed by atoms with Crippen LogP contribution in [0.3, 0.4) is 0 Å². The zero-order valence-electron chi connectivity index (χ0n) is 8.65. The van der Waals surface area contributed by atoms with Crippen molar-refractivity contribution in [1.82, 2.24) is 10.2 Å². The summed E-state index contributed by atoms with van der Waals surface area (Å²) in [6.07, 6.45) is 0. The van der Waals surface area contributed by atoms with Gasteiger partial charge in [-0.2, -0.15) is 0 Å². The van der Waals surface area contributed by atoms with Crippen LogP contribution in [0.25, 0.3) is 11.5 Å². The maximum Gasteiger partial charge on any atom is 0.255 e. The summed E-state index contributed by atoms with van der Waals surface area (Å²) >= 11 is 9.94. The van der Waals surface area contributed by atoms with E-state index < -0.39 is 2.14 Å². The molecule has 90 valence electrons. The van der Waals surface area contributed by atoms with Crippen molar-refractivity contribution >= 4 is 47.8 Å². The number of benzene rings is 1. The minimum Gasteiger partial charge on any atom is -0.497 e. The molecule has 0 aliphatic rings. The van der Waals surface area contributed by atoms with Gasteiger partial charge in [0.1, 0.15) is 5.75 Å². The quantitative estimate of drug-likeness (QED) is 0.680. The van der Waals surface area contributed by atoms with E-state index in [9.17, 15) is 0 Å². The van der Waals surface area contributed by atoms with Gasteiger partial charge in [-0.05, 0) is 72.1 Å². The van der Waals surface area contributed by atoms with Crippen LogP contribution in [-0.4, -0.2) is 17.3 Å². The Morgan fingerprint density at radius 3 is 2.24 bits per heavy atom. The van der Waals surface area contributed by atoms with Gasteiger partial charge >= 0.3 is 0 Å². The highest BCUT2D eigenvalue weighted by molar-refractivity contribution is 9.38. The Balaban J connectivity index is 2.30. The van der Waals surface area contributed by atoms with Crippen molar-refractivity contribution < 1.29 is 9.15 Å². The molecule has 0 saturated carbocycles. The van der Waals surface area contributed by atoms with Gasteiger partial charge < -0.3 is 9.15 Å². The summed E-state index contributed by atoms with van der Waals surface area (Å²) < 4.78 is 9.89. The van der Waals surface area contributed by atoms with Gasteiger partial charge in [0.05, 0.1) is 7.11 Å². The number of rotatable bonds is 2. The largest absolute Gasteiger partial charge is 0.497 e. The number of hydrogen-bond donors (Lipinski definition) is 0. The van der Waals surface area contributed by atoms with Gasteiger partial charge in [-0.15, -0.1) is 10.2 Å². The molecule has 2 rings (SSSR count). The summed E-state index contributed by atoms with van der Waals surface area (Å²) in [6, 6.07) is 7.38. The third kappa shape index (κ3) is 3.08. The monoisotopic (exact) mass is 424 g/mol. The summed E-state index contributed by atoms with van der Waals surface area (Å²) in [5.41, 5.74) is 0.835. The molecule has 1 aromatic carbocycles. The number of methoxy groups -OCH3 is 1. The molecule has 1 aromatic heterocycles. The number of hydrogen-bond acceptors (Lipinski definition) is 4. The highest BCUT2D eigenvalue weighted by atomic mass is 80.0. The van der Waals surface area contributed by atoms with Gasteiger partial charge in [0.15, 0.2) is 0 Å². The first kappa shape index (κ1) is 13.0. The molecule has 0 atom stereocenters. The van der Waals surface area contributed by atoms with Gasteiger partial charge in [0.25, 0.3) is 5.89 Å². The summed E-state index contributed by atoms with van der Waals surface area (Å²) in [5, 5.41) is 7.88. The summed E-state index contributed by atoms with van der Waals surface area (Å²) in [5.74, 6) is 1.62. The lowest BCUT2D eigenvalue weighted by Gasteiger charge is -2.04. The lowest BCUT2D eigenvalue weighted by atomic mass is 10.2. The molecular formula is C10H7Br3N2O2. The van der Waals surface area contributed by atoms with Gasteiger partial charge in [0.2, 0.25) is 8.03 Å². The predicted octanol–water partition coefficient (Wildman–Crippen LogP) is 4.04. The first-order valence-electron chi connectivity index (χ1n) is 4.56. The molecule has 0 bridgehead atoms. The van der Waals surface area contributed by atoms with Gasteiger partial charge in [0, 0.05) is 5.56 Å². The molecule has 0 spiro atoms. The van der Waals surface area contributed by atoms with E-state index >= 15 is 0 Å². The molecule has 0 aliphatic heterocycles. The number of ether oxygens (including phenoxy) is 1. The molecular weight excluding hydrogens is 420 g/mol. The van der Waals surface area contributed by atoms with Crippen LogP contribution in [0.1, 0.15) is 5.89 Å². The highest BCUT2D eigenvalue weighted by Gasteiger charge is 2.28. The predicted molar refractivity (Wildman–Crippen MR) is 74.7 cm³/mol. The molecule has 0 saturated heterocycles. The summed E-state index contributed by atoms with van der Waals surface area (Å²) in [6.45, 7) is 0. The number of aromatic nitrogens is 2. The third-order valence-corrected chi connectivity index (χ3v) is 3.02. The molecule has 4 nitrogen and oxygen atoms in total. The fraction of sp³-hybridized carbons (Fsp3) is 0.200. The van der Waals surface area contributed by atoms with E-state index in [-0.39, 0.29) is 0 Å². The Bertz CT molecular complexity index is 505. The molecule has 17 heavy (non-hydrogen) atoms.